The number of piperazine rings is 1. The lowest BCUT2D eigenvalue weighted by atomic mass is 9.67. The lowest BCUT2D eigenvalue weighted by molar-refractivity contribution is -0.114. The van der Waals surface area contributed by atoms with Gasteiger partial charge in [0.25, 0.3) is 0 Å². The van der Waals surface area contributed by atoms with Crippen molar-refractivity contribution in [1.29, 1.82) is 0 Å². The number of carbonyl (C=O) groups excluding carboxylic acids is 1. The largest absolute Gasteiger partial charge is 0.481 e. The number of amides is 2. The van der Waals surface area contributed by atoms with Crippen molar-refractivity contribution in [2.24, 2.45) is 5.41 Å². The van der Waals surface area contributed by atoms with Crippen LogP contribution in [0.3, 0.4) is 0 Å². The number of rotatable bonds is 6. The van der Waals surface area contributed by atoms with Crippen molar-refractivity contribution in [2.45, 2.75) is 46.2 Å². The molecule has 3 heterocycles. The van der Waals surface area contributed by atoms with E-state index in [4.69, 9.17) is 4.74 Å². The van der Waals surface area contributed by atoms with Gasteiger partial charge in [0.1, 0.15) is 0 Å². The predicted molar refractivity (Wildman–Crippen MR) is 123 cm³/mol. The number of methoxy groups -OCH3 is 1. The number of hydrogen-bond donors (Lipinski definition) is 2. The Morgan fingerprint density at radius 1 is 1.31 bits per heavy atom. The molecule has 10 heteroatoms. The molecule has 0 saturated carbocycles. The highest BCUT2D eigenvalue weighted by Gasteiger charge is 2.52. The first-order valence-corrected chi connectivity index (χ1v) is 11.3. The maximum absolute atomic E-state index is 12.3. The summed E-state index contributed by atoms with van der Waals surface area (Å²) in [5, 5.41) is 13.4. The molecule has 2 amide bonds. The van der Waals surface area contributed by atoms with Crippen LogP contribution in [-0.4, -0.2) is 69.2 Å². The molecule has 1 fully saturated rings. The van der Waals surface area contributed by atoms with Crippen molar-refractivity contribution < 1.29 is 19.4 Å². The number of carboxylic acid groups (broad SMARTS) is 1. The summed E-state index contributed by atoms with van der Waals surface area (Å²) in [5.41, 5.74) is -0.0184. The van der Waals surface area contributed by atoms with E-state index >= 15 is 0 Å². The van der Waals surface area contributed by atoms with Crippen LogP contribution >= 0.6 is 11.3 Å². The minimum absolute atomic E-state index is 0.152. The monoisotopic (exact) mass is 461 g/mol. The Morgan fingerprint density at radius 2 is 2.06 bits per heavy atom. The van der Waals surface area contributed by atoms with E-state index in [-0.39, 0.29) is 11.3 Å². The molecule has 1 atom stereocenters. The fraction of sp³-hybridized carbons (Fsp3) is 0.545. The molecular formula is C22H31N5O4S. The van der Waals surface area contributed by atoms with Gasteiger partial charge in [0.05, 0.1) is 12.6 Å². The second kappa shape index (κ2) is 9.41. The van der Waals surface area contributed by atoms with Gasteiger partial charge in [0.2, 0.25) is 11.8 Å². The van der Waals surface area contributed by atoms with Gasteiger partial charge in [-0.15, -0.1) is 11.3 Å². The average Bonchev–Trinajstić information content (AvgIpc) is 3.13. The van der Waals surface area contributed by atoms with Crippen LogP contribution in [0.1, 0.15) is 38.1 Å². The van der Waals surface area contributed by atoms with Gasteiger partial charge in [-0.25, -0.2) is 14.8 Å². The highest BCUT2D eigenvalue weighted by molar-refractivity contribution is 7.15. The van der Waals surface area contributed by atoms with Crippen molar-refractivity contribution in [3.63, 3.8) is 0 Å². The number of thiazole rings is 1. The fourth-order valence-corrected chi connectivity index (χ4v) is 5.18. The van der Waals surface area contributed by atoms with Crippen LogP contribution in [0.15, 0.2) is 24.5 Å². The normalized spacial score (nSPS) is 19.6. The van der Waals surface area contributed by atoms with E-state index in [0.717, 1.165) is 10.4 Å². The molecule has 0 spiro atoms. The van der Waals surface area contributed by atoms with E-state index in [9.17, 15) is 14.7 Å². The Hall–Kier alpha value is -2.72. The first-order valence-electron chi connectivity index (χ1n) is 10.5. The van der Waals surface area contributed by atoms with Crippen molar-refractivity contribution in [3.8, 4) is 5.88 Å². The fourth-order valence-electron chi connectivity index (χ4n) is 4.28. The zero-order chi connectivity index (χ0) is 23.5. The average molecular weight is 462 g/mol. The standard InChI is InChI=1S/C22H31N5O4S/c1-15(28)25-19-24-12-17(32-19)13-26-8-9-27(20(29)30)22(14-26,21(2,3)4)11-16-6-7-23-18(10-16)31-5/h6-7,10,12H,8-9,11,13-14H2,1-5H3,(H,29,30)(H,24,25,28). The third-order valence-electron chi connectivity index (χ3n) is 5.99. The van der Waals surface area contributed by atoms with Crippen molar-refractivity contribution in [3.05, 3.63) is 35.0 Å². The maximum Gasteiger partial charge on any atom is 0.407 e. The van der Waals surface area contributed by atoms with Crippen LogP contribution < -0.4 is 10.1 Å². The second-order valence-electron chi connectivity index (χ2n) is 9.12. The number of aromatic nitrogens is 2. The summed E-state index contributed by atoms with van der Waals surface area (Å²) in [6.07, 6.45) is 3.09. The molecule has 2 N–H and O–H groups in total. The zero-order valence-corrected chi connectivity index (χ0v) is 20.0. The zero-order valence-electron chi connectivity index (χ0n) is 19.2. The highest BCUT2D eigenvalue weighted by Crippen LogP contribution is 2.42. The number of nitrogens with one attached hydrogen (secondary N) is 1. The molecule has 2 aromatic rings. The Kier molecular flexibility index (Phi) is 7.04. The highest BCUT2D eigenvalue weighted by atomic mass is 32.1. The minimum atomic E-state index is -0.911. The first kappa shape index (κ1) is 23.9. The summed E-state index contributed by atoms with van der Waals surface area (Å²) in [6.45, 7) is 9.97. The molecule has 3 rings (SSSR count). The smallest absolute Gasteiger partial charge is 0.407 e. The van der Waals surface area contributed by atoms with E-state index in [1.807, 2.05) is 12.1 Å². The van der Waals surface area contributed by atoms with Gasteiger partial charge in [-0.2, -0.15) is 0 Å². The molecule has 1 unspecified atom stereocenters. The van der Waals surface area contributed by atoms with Crippen molar-refractivity contribution in [1.82, 2.24) is 19.8 Å². The van der Waals surface area contributed by atoms with Gasteiger partial charge < -0.3 is 15.2 Å². The third-order valence-corrected chi connectivity index (χ3v) is 6.89. The Morgan fingerprint density at radius 3 is 2.69 bits per heavy atom. The van der Waals surface area contributed by atoms with Crippen LogP contribution in [0.2, 0.25) is 0 Å². The number of ether oxygens (including phenoxy) is 1. The summed E-state index contributed by atoms with van der Waals surface area (Å²) in [7, 11) is 1.57. The number of nitrogens with zero attached hydrogens (tertiary/aromatic N) is 4. The van der Waals surface area contributed by atoms with Crippen LogP contribution in [0.5, 0.6) is 5.88 Å². The topological polar surface area (TPSA) is 108 Å². The van der Waals surface area contributed by atoms with E-state index in [1.165, 1.54) is 18.3 Å². The number of pyridine rings is 1. The summed E-state index contributed by atoms with van der Waals surface area (Å²) in [5.74, 6) is 0.358. The molecule has 9 nitrogen and oxygen atoms in total. The lowest BCUT2D eigenvalue weighted by Gasteiger charge is -2.56. The van der Waals surface area contributed by atoms with Crippen LogP contribution in [0.4, 0.5) is 9.93 Å². The molecule has 2 aromatic heterocycles. The maximum atomic E-state index is 12.3. The molecule has 0 aromatic carbocycles. The Labute approximate surface area is 192 Å². The Bertz CT molecular complexity index is 973. The van der Waals surface area contributed by atoms with Gasteiger partial charge in [0, 0.05) is 56.4 Å². The summed E-state index contributed by atoms with van der Waals surface area (Å²) >= 11 is 1.44. The van der Waals surface area contributed by atoms with E-state index < -0.39 is 11.6 Å². The van der Waals surface area contributed by atoms with Crippen LogP contribution in [0.25, 0.3) is 0 Å². The molecule has 1 aliphatic rings. The van der Waals surface area contributed by atoms with E-state index in [1.54, 1.807) is 24.4 Å². The summed E-state index contributed by atoms with van der Waals surface area (Å²) < 4.78 is 5.28. The molecule has 0 bridgehead atoms. The molecule has 32 heavy (non-hydrogen) atoms. The van der Waals surface area contributed by atoms with Crippen molar-refractivity contribution >= 4 is 28.5 Å². The third kappa shape index (κ3) is 5.18. The quantitative estimate of drug-likeness (QED) is 0.679. The van der Waals surface area contributed by atoms with Crippen LogP contribution in [0, 0.1) is 5.41 Å². The van der Waals surface area contributed by atoms with Crippen LogP contribution in [-0.2, 0) is 17.8 Å². The van der Waals surface area contributed by atoms with Gasteiger partial charge in [-0.05, 0) is 23.5 Å². The SMILES string of the molecule is COc1cc(CC2(C(C)(C)C)CN(Cc3cnc(NC(C)=O)s3)CCN2C(=O)O)ccn1. The van der Waals surface area contributed by atoms with E-state index in [0.29, 0.717) is 43.6 Å². The second-order valence-corrected chi connectivity index (χ2v) is 10.2. The molecule has 174 valence electrons. The Balaban J connectivity index is 1.91. The number of anilines is 1. The van der Waals surface area contributed by atoms with Gasteiger partial charge in [-0.1, -0.05) is 20.8 Å². The number of hydrogen-bond acceptors (Lipinski definition) is 7. The summed E-state index contributed by atoms with van der Waals surface area (Å²) in [6, 6.07) is 3.78. The van der Waals surface area contributed by atoms with E-state index in [2.05, 4.69) is 41.0 Å². The molecule has 0 radical (unpaired) electrons. The predicted octanol–water partition coefficient (Wildman–Crippen LogP) is 3.33. The van der Waals surface area contributed by atoms with Gasteiger partial charge in [0.15, 0.2) is 5.13 Å². The number of carbonyl (C=O) groups is 2. The molecule has 1 aliphatic heterocycles. The summed E-state index contributed by atoms with van der Waals surface area (Å²) in [4.78, 5) is 37.0. The first-order chi connectivity index (χ1) is 15.0. The van der Waals surface area contributed by atoms with Gasteiger partial charge in [-0.3, -0.25) is 14.6 Å². The lowest BCUT2D eigenvalue weighted by Crippen LogP contribution is -2.69. The molecular weight excluding hydrogens is 430 g/mol. The van der Waals surface area contributed by atoms with Gasteiger partial charge >= 0.3 is 6.09 Å². The van der Waals surface area contributed by atoms with Crippen molar-refractivity contribution in [2.75, 3.05) is 32.1 Å². The molecule has 0 aliphatic carbocycles. The minimum Gasteiger partial charge on any atom is -0.481 e. The molecule has 1 saturated heterocycles.